The van der Waals surface area contributed by atoms with Crippen LogP contribution in [0.5, 0.6) is 0 Å². The molecule has 0 aliphatic rings. The SMILES string of the molecule is CCN(CCOC)c1ncc(-c2cccc(COC(=O)CC(=N)N)c2F)cn1. The molecule has 1 aromatic heterocycles. The van der Waals surface area contributed by atoms with Gasteiger partial charge in [-0.15, -0.1) is 0 Å². The van der Waals surface area contributed by atoms with E-state index < -0.39 is 11.8 Å². The molecule has 0 saturated heterocycles. The fourth-order valence-corrected chi connectivity index (χ4v) is 2.50. The first-order chi connectivity index (χ1) is 13.5. The first-order valence-electron chi connectivity index (χ1n) is 8.78. The summed E-state index contributed by atoms with van der Waals surface area (Å²) < 4.78 is 24.9. The Hall–Kier alpha value is -3.07. The van der Waals surface area contributed by atoms with Crippen molar-refractivity contribution in [1.82, 2.24) is 9.97 Å². The van der Waals surface area contributed by atoms with Gasteiger partial charge in [-0.3, -0.25) is 10.2 Å². The number of hydrogen-bond acceptors (Lipinski definition) is 7. The van der Waals surface area contributed by atoms with Crippen LogP contribution in [0, 0.1) is 11.2 Å². The summed E-state index contributed by atoms with van der Waals surface area (Å²) in [5.41, 5.74) is 6.19. The highest BCUT2D eigenvalue weighted by Crippen LogP contribution is 2.25. The molecule has 0 atom stereocenters. The van der Waals surface area contributed by atoms with Crippen LogP contribution in [0.2, 0.25) is 0 Å². The van der Waals surface area contributed by atoms with Crippen LogP contribution in [-0.2, 0) is 20.9 Å². The zero-order valence-corrected chi connectivity index (χ0v) is 15.9. The number of amidine groups is 1. The number of nitrogens with zero attached hydrogens (tertiary/aromatic N) is 3. The Morgan fingerprint density at radius 2 is 2.04 bits per heavy atom. The Morgan fingerprint density at radius 3 is 2.64 bits per heavy atom. The molecule has 3 N–H and O–H groups in total. The van der Waals surface area contributed by atoms with Crippen molar-refractivity contribution in [2.75, 3.05) is 31.7 Å². The van der Waals surface area contributed by atoms with E-state index in [9.17, 15) is 9.18 Å². The summed E-state index contributed by atoms with van der Waals surface area (Å²) in [6.07, 6.45) is 2.79. The molecule has 0 bridgehead atoms. The molecule has 0 unspecified atom stereocenters. The minimum atomic E-state index is -0.680. The lowest BCUT2D eigenvalue weighted by Crippen LogP contribution is -2.28. The number of aromatic nitrogens is 2. The standard InChI is InChI=1S/C19H24FN5O3/c1-3-25(7-8-27-2)19-23-10-14(11-24-19)15-6-4-5-13(18(15)20)12-28-17(26)9-16(21)22/h4-6,10-11H,3,7-9,12H2,1-2H3,(H3,21,22). The van der Waals surface area contributed by atoms with Gasteiger partial charge >= 0.3 is 5.97 Å². The maximum Gasteiger partial charge on any atom is 0.313 e. The Bertz CT molecular complexity index is 814. The van der Waals surface area contributed by atoms with Crippen LogP contribution >= 0.6 is 0 Å². The van der Waals surface area contributed by atoms with Crippen molar-refractivity contribution in [3.05, 3.63) is 42.0 Å². The van der Waals surface area contributed by atoms with E-state index in [2.05, 4.69) is 9.97 Å². The largest absolute Gasteiger partial charge is 0.460 e. The molecule has 0 amide bonds. The third-order valence-corrected chi connectivity index (χ3v) is 3.98. The summed E-state index contributed by atoms with van der Waals surface area (Å²) in [4.78, 5) is 22.1. The number of nitrogens with one attached hydrogen (secondary N) is 1. The number of benzene rings is 1. The van der Waals surface area contributed by atoms with Crippen molar-refractivity contribution in [2.24, 2.45) is 5.73 Å². The number of halogens is 1. The summed E-state index contributed by atoms with van der Waals surface area (Å²) in [7, 11) is 1.63. The van der Waals surface area contributed by atoms with Crippen LogP contribution in [0.15, 0.2) is 30.6 Å². The molecule has 1 aromatic carbocycles. The van der Waals surface area contributed by atoms with E-state index >= 15 is 0 Å². The molecule has 0 saturated carbocycles. The second-order valence-corrected chi connectivity index (χ2v) is 5.99. The quantitative estimate of drug-likeness (QED) is 0.363. The number of methoxy groups -OCH3 is 1. The molecule has 9 heteroatoms. The summed E-state index contributed by atoms with van der Waals surface area (Å²) in [6.45, 7) is 3.67. The first-order valence-corrected chi connectivity index (χ1v) is 8.78. The zero-order chi connectivity index (χ0) is 20.5. The van der Waals surface area contributed by atoms with Crippen LogP contribution in [0.25, 0.3) is 11.1 Å². The Labute approximate surface area is 163 Å². The van der Waals surface area contributed by atoms with Gasteiger partial charge in [-0.2, -0.15) is 0 Å². The van der Waals surface area contributed by atoms with Crippen LogP contribution in [0.1, 0.15) is 18.9 Å². The Morgan fingerprint density at radius 1 is 1.32 bits per heavy atom. The second-order valence-electron chi connectivity index (χ2n) is 5.99. The highest BCUT2D eigenvalue weighted by atomic mass is 19.1. The number of carbonyl (C=O) groups excluding carboxylic acids is 1. The van der Waals surface area contributed by atoms with Gasteiger partial charge in [0, 0.05) is 49.3 Å². The maximum atomic E-state index is 14.8. The monoisotopic (exact) mass is 389 g/mol. The van der Waals surface area contributed by atoms with Gasteiger partial charge in [0.05, 0.1) is 6.61 Å². The summed E-state index contributed by atoms with van der Waals surface area (Å²) >= 11 is 0. The van der Waals surface area contributed by atoms with Crippen LogP contribution in [0.4, 0.5) is 10.3 Å². The van der Waals surface area contributed by atoms with Gasteiger partial charge in [-0.05, 0) is 6.92 Å². The fraction of sp³-hybridized carbons (Fsp3) is 0.368. The predicted molar refractivity (Wildman–Crippen MR) is 104 cm³/mol. The van der Waals surface area contributed by atoms with E-state index in [-0.39, 0.29) is 24.4 Å². The van der Waals surface area contributed by atoms with Gasteiger partial charge in [0.2, 0.25) is 5.95 Å². The van der Waals surface area contributed by atoms with Crippen LogP contribution in [0.3, 0.4) is 0 Å². The highest BCUT2D eigenvalue weighted by Gasteiger charge is 2.14. The van der Waals surface area contributed by atoms with Gasteiger partial charge in [0.1, 0.15) is 24.7 Å². The molecule has 8 nitrogen and oxygen atoms in total. The first kappa shape index (κ1) is 21.2. The summed E-state index contributed by atoms with van der Waals surface area (Å²) in [6, 6.07) is 4.80. The number of rotatable bonds is 10. The highest BCUT2D eigenvalue weighted by molar-refractivity contribution is 5.94. The van der Waals surface area contributed by atoms with E-state index in [4.69, 9.17) is 20.6 Å². The molecule has 2 aromatic rings. The molecule has 0 spiro atoms. The van der Waals surface area contributed by atoms with E-state index in [1.807, 2.05) is 11.8 Å². The summed E-state index contributed by atoms with van der Waals surface area (Å²) in [5.74, 6) is -0.956. The summed E-state index contributed by atoms with van der Waals surface area (Å²) in [5, 5.41) is 7.07. The van der Waals surface area contributed by atoms with Crippen molar-refractivity contribution in [3.8, 4) is 11.1 Å². The van der Waals surface area contributed by atoms with E-state index in [1.165, 1.54) is 6.07 Å². The molecule has 0 radical (unpaired) electrons. The normalized spacial score (nSPS) is 10.5. The number of carbonyl (C=O) groups is 1. The van der Waals surface area contributed by atoms with Gasteiger partial charge in [-0.1, -0.05) is 18.2 Å². The molecule has 0 fully saturated rings. The minimum absolute atomic E-state index is 0.216. The lowest BCUT2D eigenvalue weighted by atomic mass is 10.1. The average Bonchev–Trinajstić information content (AvgIpc) is 2.68. The molecule has 0 aliphatic carbocycles. The van der Waals surface area contributed by atoms with Crippen molar-refractivity contribution in [3.63, 3.8) is 0 Å². The van der Waals surface area contributed by atoms with Crippen LogP contribution < -0.4 is 10.6 Å². The number of hydrogen-bond donors (Lipinski definition) is 2. The van der Waals surface area contributed by atoms with Crippen molar-refractivity contribution in [1.29, 1.82) is 5.41 Å². The lowest BCUT2D eigenvalue weighted by molar-refractivity contribution is -0.143. The third-order valence-electron chi connectivity index (χ3n) is 3.98. The van der Waals surface area contributed by atoms with E-state index in [0.717, 1.165) is 6.54 Å². The van der Waals surface area contributed by atoms with Gasteiger partial charge in [-0.25, -0.2) is 14.4 Å². The predicted octanol–water partition coefficient (Wildman–Crippen LogP) is 2.12. The molecular weight excluding hydrogens is 365 g/mol. The van der Waals surface area contributed by atoms with E-state index in [0.29, 0.717) is 30.2 Å². The molecule has 1 heterocycles. The number of ether oxygens (including phenoxy) is 2. The smallest absolute Gasteiger partial charge is 0.313 e. The Balaban J connectivity index is 2.14. The maximum absolute atomic E-state index is 14.8. The number of nitrogens with two attached hydrogens (primary N) is 1. The number of esters is 1. The third kappa shape index (κ3) is 5.71. The van der Waals surface area contributed by atoms with E-state index in [1.54, 1.807) is 31.6 Å². The molecule has 0 aliphatic heterocycles. The lowest BCUT2D eigenvalue weighted by Gasteiger charge is -2.20. The van der Waals surface area contributed by atoms with Crippen molar-refractivity contribution in [2.45, 2.75) is 20.0 Å². The molecule has 28 heavy (non-hydrogen) atoms. The number of likely N-dealkylation sites (N-methyl/N-ethyl adjacent to an activating group) is 1. The van der Waals surface area contributed by atoms with Gasteiger partial charge < -0.3 is 20.1 Å². The fourth-order valence-electron chi connectivity index (χ4n) is 2.50. The number of anilines is 1. The van der Waals surface area contributed by atoms with Crippen molar-refractivity contribution >= 4 is 17.8 Å². The van der Waals surface area contributed by atoms with Crippen LogP contribution in [-0.4, -0.2) is 48.6 Å². The molecule has 150 valence electrons. The Kier molecular flexibility index (Phi) is 7.82. The average molecular weight is 389 g/mol. The molecular formula is C19H24FN5O3. The minimum Gasteiger partial charge on any atom is -0.460 e. The van der Waals surface area contributed by atoms with Gasteiger partial charge in [0.25, 0.3) is 0 Å². The zero-order valence-electron chi connectivity index (χ0n) is 15.9. The van der Waals surface area contributed by atoms with Crippen molar-refractivity contribution < 1.29 is 18.7 Å². The molecule has 2 rings (SSSR count). The second kappa shape index (κ2) is 10.3. The topological polar surface area (TPSA) is 114 Å². The van der Waals surface area contributed by atoms with Gasteiger partial charge in [0.15, 0.2) is 0 Å².